The lowest BCUT2D eigenvalue weighted by Gasteiger charge is -2.08. The minimum Gasteiger partial charge on any atom is -0.356 e. The second kappa shape index (κ2) is 10.3. The molecule has 1 aromatic heterocycles. The number of hydrogen-bond acceptors (Lipinski definition) is 7. The summed E-state index contributed by atoms with van der Waals surface area (Å²) in [4.78, 5) is 13.2. The minimum atomic E-state index is 0.0101. The number of carbonyl (C=O) groups excluding carboxylic acids is 1. The molecule has 0 aliphatic heterocycles. The van der Waals surface area contributed by atoms with E-state index in [1.165, 1.54) is 16.9 Å². The Balaban J connectivity index is 1.41. The Morgan fingerprint density at radius 3 is 2.67 bits per heavy atom. The maximum Gasteiger partial charge on any atom is 0.225 e. The quantitative estimate of drug-likeness (QED) is 0.479. The maximum absolute atomic E-state index is 12.2. The van der Waals surface area contributed by atoms with Crippen molar-refractivity contribution in [2.75, 3.05) is 22.6 Å². The number of nitrogens with zero attached hydrogens (tertiary/aromatic N) is 2. The van der Waals surface area contributed by atoms with Gasteiger partial charge in [-0.2, -0.15) is 0 Å². The highest BCUT2D eigenvalue weighted by Crippen LogP contribution is 2.27. The average molecular weight is 417 g/mol. The number of rotatable bonds is 9. The highest BCUT2D eigenvalue weighted by Gasteiger charge is 2.09. The third-order valence-electron chi connectivity index (χ3n) is 3.63. The van der Waals surface area contributed by atoms with Gasteiger partial charge in [-0.15, -0.1) is 22.0 Å². The van der Waals surface area contributed by atoms with Crippen molar-refractivity contribution in [3.63, 3.8) is 0 Å². The summed E-state index contributed by atoms with van der Waals surface area (Å²) >= 11 is 4.68. The first-order valence-corrected chi connectivity index (χ1v) is 11.4. The molecule has 3 rings (SSSR count). The normalized spacial score (nSPS) is 10.6. The molecule has 0 atom stereocenters. The van der Waals surface area contributed by atoms with E-state index in [1.54, 1.807) is 23.5 Å². The number of aromatic nitrogens is 2. The molecule has 1 amide bonds. The summed E-state index contributed by atoms with van der Waals surface area (Å²) in [7, 11) is 0. The molecule has 0 spiro atoms. The molecule has 0 aliphatic carbocycles. The van der Waals surface area contributed by atoms with Crippen LogP contribution in [0.3, 0.4) is 0 Å². The number of anilines is 2. The van der Waals surface area contributed by atoms with Gasteiger partial charge in [-0.25, -0.2) is 0 Å². The van der Waals surface area contributed by atoms with E-state index in [9.17, 15) is 4.79 Å². The van der Waals surface area contributed by atoms with Crippen LogP contribution in [-0.4, -0.2) is 28.1 Å². The van der Waals surface area contributed by atoms with E-state index in [1.807, 2.05) is 48.7 Å². The maximum atomic E-state index is 12.2. The molecule has 3 aromatic rings. The van der Waals surface area contributed by atoms with Crippen LogP contribution in [0.25, 0.3) is 0 Å². The van der Waals surface area contributed by atoms with Gasteiger partial charge in [-0.05, 0) is 24.0 Å². The molecular formula is C19H20N4OS3. The zero-order valence-electron chi connectivity index (χ0n) is 14.8. The third kappa shape index (κ3) is 6.27. The predicted molar refractivity (Wildman–Crippen MR) is 116 cm³/mol. The number of hydrogen-bond donors (Lipinski definition) is 2. The Hall–Kier alpha value is -2.03. The molecule has 2 N–H and O–H groups in total. The zero-order chi connectivity index (χ0) is 18.9. The Bertz CT molecular complexity index is 870. The molecule has 8 heteroatoms. The van der Waals surface area contributed by atoms with Crippen LogP contribution in [0.4, 0.5) is 10.8 Å². The summed E-state index contributed by atoms with van der Waals surface area (Å²) in [6.07, 6.45) is 2.43. The van der Waals surface area contributed by atoms with Crippen molar-refractivity contribution >= 4 is 51.6 Å². The molecule has 5 nitrogen and oxygen atoms in total. The molecular weight excluding hydrogens is 396 g/mol. The Morgan fingerprint density at radius 1 is 1.07 bits per heavy atom. The fourth-order valence-electron chi connectivity index (χ4n) is 2.30. The predicted octanol–water partition coefficient (Wildman–Crippen LogP) is 4.99. The summed E-state index contributed by atoms with van der Waals surface area (Å²) < 4.78 is 0.864. The van der Waals surface area contributed by atoms with Gasteiger partial charge in [0.05, 0.1) is 5.69 Å². The van der Waals surface area contributed by atoms with Gasteiger partial charge in [0.1, 0.15) is 0 Å². The van der Waals surface area contributed by atoms with Crippen molar-refractivity contribution in [1.82, 2.24) is 10.2 Å². The fraction of sp³-hybridized carbons (Fsp3) is 0.211. The average Bonchev–Trinajstić information content (AvgIpc) is 3.15. The summed E-state index contributed by atoms with van der Waals surface area (Å²) in [6.45, 7) is 0.720. The lowest BCUT2D eigenvalue weighted by Crippen LogP contribution is -2.12. The van der Waals surface area contributed by atoms with Crippen LogP contribution < -0.4 is 10.6 Å². The van der Waals surface area contributed by atoms with Gasteiger partial charge < -0.3 is 10.6 Å². The van der Waals surface area contributed by atoms with Gasteiger partial charge in [0.2, 0.25) is 11.0 Å². The molecule has 0 radical (unpaired) electrons. The van der Waals surface area contributed by atoms with Crippen molar-refractivity contribution in [2.24, 2.45) is 0 Å². The van der Waals surface area contributed by atoms with Gasteiger partial charge in [0.15, 0.2) is 4.34 Å². The van der Waals surface area contributed by atoms with Crippen LogP contribution in [0, 0.1) is 0 Å². The van der Waals surface area contributed by atoms with E-state index in [0.717, 1.165) is 26.6 Å². The fourth-order valence-corrected chi connectivity index (χ4v) is 4.61. The molecule has 0 unspecified atom stereocenters. The van der Waals surface area contributed by atoms with Crippen molar-refractivity contribution in [2.45, 2.75) is 22.2 Å². The van der Waals surface area contributed by atoms with E-state index in [0.29, 0.717) is 12.2 Å². The SMILES string of the molecule is CSc1ccccc1NC(=O)CCSc1nnc(NCc2ccccc2)s1. The first-order chi connectivity index (χ1) is 13.2. The number of amides is 1. The highest BCUT2D eigenvalue weighted by molar-refractivity contribution is 8.01. The summed E-state index contributed by atoms with van der Waals surface area (Å²) in [5.41, 5.74) is 2.06. The Kier molecular flexibility index (Phi) is 7.55. The monoisotopic (exact) mass is 416 g/mol. The van der Waals surface area contributed by atoms with Gasteiger partial charge in [-0.3, -0.25) is 4.79 Å². The smallest absolute Gasteiger partial charge is 0.225 e. The van der Waals surface area contributed by atoms with Crippen LogP contribution >= 0.6 is 34.9 Å². The van der Waals surface area contributed by atoms with Gasteiger partial charge in [-0.1, -0.05) is 65.6 Å². The van der Waals surface area contributed by atoms with Crippen LogP contribution in [-0.2, 0) is 11.3 Å². The Labute approximate surface area is 171 Å². The van der Waals surface area contributed by atoms with Crippen LogP contribution in [0.2, 0.25) is 0 Å². The molecule has 27 heavy (non-hydrogen) atoms. The number of benzene rings is 2. The van der Waals surface area contributed by atoms with E-state index < -0.39 is 0 Å². The standard InChI is InChI=1S/C19H20N4OS3/c1-25-16-10-6-5-9-15(16)21-17(24)11-12-26-19-23-22-18(27-19)20-13-14-7-3-2-4-8-14/h2-10H,11-13H2,1H3,(H,20,22)(H,21,24). The van der Waals surface area contributed by atoms with Crippen molar-refractivity contribution < 1.29 is 4.79 Å². The highest BCUT2D eigenvalue weighted by atomic mass is 32.2. The molecule has 140 valence electrons. The number of nitrogens with one attached hydrogen (secondary N) is 2. The van der Waals surface area contributed by atoms with E-state index in [-0.39, 0.29) is 5.91 Å². The van der Waals surface area contributed by atoms with Crippen molar-refractivity contribution in [1.29, 1.82) is 0 Å². The minimum absolute atomic E-state index is 0.0101. The van der Waals surface area contributed by atoms with Gasteiger partial charge in [0.25, 0.3) is 0 Å². The molecule has 2 aromatic carbocycles. The topological polar surface area (TPSA) is 66.9 Å². The van der Waals surface area contributed by atoms with E-state index in [4.69, 9.17) is 0 Å². The van der Waals surface area contributed by atoms with Crippen molar-refractivity contribution in [3.05, 3.63) is 60.2 Å². The summed E-state index contributed by atoms with van der Waals surface area (Å²) in [5, 5.41) is 15.4. The number of carbonyl (C=O) groups is 1. The lowest BCUT2D eigenvalue weighted by atomic mass is 10.2. The number of thioether (sulfide) groups is 2. The van der Waals surface area contributed by atoms with Gasteiger partial charge in [0, 0.05) is 23.6 Å². The van der Waals surface area contributed by atoms with Crippen LogP contribution in [0.1, 0.15) is 12.0 Å². The summed E-state index contributed by atoms with van der Waals surface area (Å²) in [6, 6.07) is 18.0. The van der Waals surface area contributed by atoms with Gasteiger partial charge >= 0.3 is 0 Å². The molecule has 0 saturated heterocycles. The van der Waals surface area contributed by atoms with Crippen LogP contribution in [0.5, 0.6) is 0 Å². The second-order valence-electron chi connectivity index (χ2n) is 5.56. The number of para-hydroxylation sites is 1. The lowest BCUT2D eigenvalue weighted by molar-refractivity contribution is -0.115. The summed E-state index contributed by atoms with van der Waals surface area (Å²) in [5.74, 6) is 0.677. The first-order valence-electron chi connectivity index (χ1n) is 8.41. The molecule has 0 fully saturated rings. The largest absolute Gasteiger partial charge is 0.356 e. The molecule has 0 bridgehead atoms. The Morgan fingerprint density at radius 2 is 1.85 bits per heavy atom. The molecule has 1 heterocycles. The first kappa shape index (κ1) is 19.7. The van der Waals surface area contributed by atoms with Crippen molar-refractivity contribution in [3.8, 4) is 0 Å². The van der Waals surface area contributed by atoms with E-state index >= 15 is 0 Å². The molecule has 0 saturated carbocycles. The third-order valence-corrected chi connectivity index (χ3v) is 6.44. The second-order valence-corrected chi connectivity index (χ2v) is 8.73. The zero-order valence-corrected chi connectivity index (χ0v) is 17.3. The van der Waals surface area contributed by atoms with Crippen LogP contribution in [0.15, 0.2) is 63.8 Å². The van der Waals surface area contributed by atoms with E-state index in [2.05, 4.69) is 33.0 Å². The molecule has 0 aliphatic rings.